The molecule has 2 rings (SSSR count). The number of Topliss-reactive ketones (excluding diaryl/α,β-unsaturated/α-hetero) is 1. The van der Waals surface area contributed by atoms with Gasteiger partial charge in [-0.2, -0.15) is 0 Å². The second-order valence-electron chi connectivity index (χ2n) is 3.83. The van der Waals surface area contributed by atoms with Crippen LogP contribution >= 0.6 is 15.9 Å². The van der Waals surface area contributed by atoms with E-state index in [2.05, 4.69) is 15.9 Å². The molecule has 0 radical (unpaired) electrons. The van der Waals surface area contributed by atoms with Gasteiger partial charge in [-0.3, -0.25) is 4.79 Å². The van der Waals surface area contributed by atoms with Crippen LogP contribution in [-0.2, 0) is 0 Å². The number of hydrogen-bond acceptors (Lipinski definition) is 1. The molecule has 0 bridgehead atoms. The van der Waals surface area contributed by atoms with Gasteiger partial charge in [0.25, 0.3) is 0 Å². The zero-order valence-electron chi connectivity index (χ0n) is 8.79. The van der Waals surface area contributed by atoms with Gasteiger partial charge < -0.3 is 0 Å². The summed E-state index contributed by atoms with van der Waals surface area (Å²) in [5.41, 5.74) is 0.548. The summed E-state index contributed by atoms with van der Waals surface area (Å²) in [6.07, 6.45) is 1.72. The second kappa shape index (κ2) is 4.53. The molecule has 1 atom stereocenters. The van der Waals surface area contributed by atoms with Gasteiger partial charge in [-0.05, 0) is 28.1 Å². The molecule has 1 unspecified atom stereocenters. The highest BCUT2D eigenvalue weighted by Gasteiger charge is 2.31. The van der Waals surface area contributed by atoms with Crippen LogP contribution in [0.4, 0.5) is 8.78 Å². The van der Waals surface area contributed by atoms with E-state index < -0.39 is 10.4 Å². The summed E-state index contributed by atoms with van der Waals surface area (Å²) >= 11 is 2.74. The van der Waals surface area contributed by atoms with Crippen molar-refractivity contribution in [3.63, 3.8) is 0 Å². The molecule has 0 spiro atoms. The third-order valence-electron chi connectivity index (χ3n) is 2.41. The van der Waals surface area contributed by atoms with E-state index in [1.165, 1.54) is 0 Å². The minimum absolute atomic E-state index is 0.121. The molecule has 4 heteroatoms. The van der Waals surface area contributed by atoms with E-state index in [1.54, 1.807) is 30.3 Å². The summed E-state index contributed by atoms with van der Waals surface area (Å²) in [5.74, 6) is -1.09. The summed E-state index contributed by atoms with van der Waals surface area (Å²) in [6, 6.07) is 8.43. The van der Waals surface area contributed by atoms with Crippen molar-refractivity contribution in [2.75, 3.05) is 0 Å². The van der Waals surface area contributed by atoms with E-state index in [9.17, 15) is 13.6 Å². The molecule has 1 aromatic carbocycles. The van der Waals surface area contributed by atoms with E-state index in [1.807, 2.05) is 0 Å². The maximum atomic E-state index is 13.7. The molecule has 1 aromatic rings. The van der Waals surface area contributed by atoms with Gasteiger partial charge in [-0.1, -0.05) is 30.3 Å². The summed E-state index contributed by atoms with van der Waals surface area (Å²) < 4.78 is 24.8. The fourth-order valence-electron chi connectivity index (χ4n) is 1.69. The molecular weight excluding hydrogens is 290 g/mol. The first-order chi connectivity index (χ1) is 7.98. The van der Waals surface area contributed by atoms with Crippen molar-refractivity contribution in [3.8, 4) is 0 Å². The lowest BCUT2D eigenvalue weighted by Crippen LogP contribution is -2.19. The summed E-state index contributed by atoms with van der Waals surface area (Å²) in [6.45, 7) is 0. The number of alkyl halides is 2. The number of hydrogen-bond donors (Lipinski definition) is 0. The summed E-state index contributed by atoms with van der Waals surface area (Å²) in [7, 11) is 0. The van der Waals surface area contributed by atoms with Gasteiger partial charge in [0.1, 0.15) is 5.83 Å². The SMILES string of the molecule is O=C(C1=CC(F)=CC(F)(Br)C1)c1ccccc1. The van der Waals surface area contributed by atoms with Crippen LogP contribution in [-0.4, -0.2) is 10.4 Å². The van der Waals surface area contributed by atoms with E-state index in [0.29, 0.717) is 5.56 Å². The van der Waals surface area contributed by atoms with E-state index in [0.717, 1.165) is 12.2 Å². The van der Waals surface area contributed by atoms with Crippen molar-refractivity contribution < 1.29 is 13.6 Å². The molecule has 0 fully saturated rings. The van der Waals surface area contributed by atoms with Crippen molar-refractivity contribution in [2.45, 2.75) is 11.0 Å². The minimum atomic E-state index is -1.98. The third-order valence-corrected chi connectivity index (χ3v) is 2.92. The Morgan fingerprint density at radius 1 is 1.29 bits per heavy atom. The standard InChI is InChI=1S/C13H9BrF2O/c14-13(16)7-10(6-11(15)8-13)12(17)9-4-2-1-3-5-9/h1-6,8H,7H2. The molecule has 1 aliphatic carbocycles. The normalized spacial score (nSPS) is 23.9. The molecule has 88 valence electrons. The van der Waals surface area contributed by atoms with Crippen LogP contribution in [0.5, 0.6) is 0 Å². The molecule has 0 amide bonds. The predicted molar refractivity (Wildman–Crippen MR) is 65.4 cm³/mol. The fraction of sp³-hybridized carbons (Fsp3) is 0.154. The highest BCUT2D eigenvalue weighted by atomic mass is 79.9. The number of ketones is 1. The third kappa shape index (κ3) is 2.88. The van der Waals surface area contributed by atoms with Crippen LogP contribution in [0.1, 0.15) is 16.8 Å². The lowest BCUT2D eigenvalue weighted by atomic mass is 9.95. The highest BCUT2D eigenvalue weighted by Crippen LogP contribution is 2.36. The highest BCUT2D eigenvalue weighted by molar-refractivity contribution is 9.10. The predicted octanol–water partition coefficient (Wildman–Crippen LogP) is 4.11. The van der Waals surface area contributed by atoms with Crippen molar-refractivity contribution in [1.82, 2.24) is 0 Å². The molecule has 17 heavy (non-hydrogen) atoms. The van der Waals surface area contributed by atoms with Gasteiger partial charge in [0.2, 0.25) is 0 Å². The Kier molecular flexibility index (Phi) is 3.24. The van der Waals surface area contributed by atoms with Gasteiger partial charge >= 0.3 is 0 Å². The molecule has 1 nitrogen and oxygen atoms in total. The maximum Gasteiger partial charge on any atom is 0.190 e. The van der Waals surface area contributed by atoms with E-state index in [4.69, 9.17) is 0 Å². The largest absolute Gasteiger partial charge is 0.289 e. The minimum Gasteiger partial charge on any atom is -0.289 e. The number of halogens is 3. The van der Waals surface area contributed by atoms with Crippen molar-refractivity contribution in [1.29, 1.82) is 0 Å². The first-order valence-corrected chi connectivity index (χ1v) is 5.84. The molecule has 0 heterocycles. The Bertz CT molecular complexity index is 503. The lowest BCUT2D eigenvalue weighted by Gasteiger charge is -2.19. The summed E-state index contributed by atoms with van der Waals surface area (Å²) in [5, 5.41) is 0. The van der Waals surface area contributed by atoms with Crippen LogP contribution in [0, 0.1) is 0 Å². The number of carbonyl (C=O) groups excluding carboxylic acids is 1. The van der Waals surface area contributed by atoms with Gasteiger partial charge in [-0.25, -0.2) is 8.78 Å². The average Bonchev–Trinajstić information content (AvgIpc) is 2.26. The van der Waals surface area contributed by atoms with Gasteiger partial charge in [0, 0.05) is 17.6 Å². The quantitative estimate of drug-likeness (QED) is 0.593. The molecule has 0 saturated heterocycles. The number of allylic oxidation sites excluding steroid dienone is 4. The lowest BCUT2D eigenvalue weighted by molar-refractivity contribution is 0.102. The second-order valence-corrected chi connectivity index (χ2v) is 5.15. The molecular formula is C13H9BrF2O. The van der Waals surface area contributed by atoms with E-state index >= 15 is 0 Å². The molecule has 0 aromatic heterocycles. The average molecular weight is 299 g/mol. The topological polar surface area (TPSA) is 17.1 Å². The smallest absolute Gasteiger partial charge is 0.190 e. The van der Waals surface area contributed by atoms with Gasteiger partial charge in [-0.15, -0.1) is 0 Å². The molecule has 0 N–H and O–H groups in total. The van der Waals surface area contributed by atoms with Crippen LogP contribution < -0.4 is 0 Å². The van der Waals surface area contributed by atoms with Crippen LogP contribution in [0.15, 0.2) is 53.9 Å². The van der Waals surface area contributed by atoms with Crippen LogP contribution in [0.3, 0.4) is 0 Å². The van der Waals surface area contributed by atoms with Gasteiger partial charge in [0.05, 0.1) is 0 Å². The molecule has 1 aliphatic rings. The zero-order chi connectivity index (χ0) is 12.5. The Balaban J connectivity index is 2.31. The number of rotatable bonds is 2. The molecule has 0 saturated carbocycles. The fourth-order valence-corrected chi connectivity index (χ4v) is 2.21. The Morgan fingerprint density at radius 2 is 1.94 bits per heavy atom. The molecule has 0 aliphatic heterocycles. The van der Waals surface area contributed by atoms with Crippen molar-refractivity contribution >= 4 is 21.7 Å². The summed E-state index contributed by atoms with van der Waals surface area (Å²) in [4.78, 5) is 12.0. The van der Waals surface area contributed by atoms with Crippen LogP contribution in [0.2, 0.25) is 0 Å². The van der Waals surface area contributed by atoms with Crippen molar-refractivity contribution in [2.24, 2.45) is 0 Å². The first kappa shape index (κ1) is 12.2. The Morgan fingerprint density at radius 3 is 2.53 bits per heavy atom. The first-order valence-electron chi connectivity index (χ1n) is 5.04. The van der Waals surface area contributed by atoms with Crippen LogP contribution in [0.25, 0.3) is 0 Å². The Labute approximate surface area is 106 Å². The Hall–Kier alpha value is -1.29. The van der Waals surface area contributed by atoms with E-state index in [-0.39, 0.29) is 17.8 Å². The van der Waals surface area contributed by atoms with Gasteiger partial charge in [0.15, 0.2) is 10.4 Å². The number of carbonyl (C=O) groups is 1. The maximum absolute atomic E-state index is 13.7. The number of benzene rings is 1. The zero-order valence-corrected chi connectivity index (χ0v) is 10.4. The van der Waals surface area contributed by atoms with Crippen molar-refractivity contribution in [3.05, 3.63) is 59.4 Å². The monoisotopic (exact) mass is 298 g/mol.